The van der Waals surface area contributed by atoms with Gasteiger partial charge in [-0.3, -0.25) is 0 Å². The van der Waals surface area contributed by atoms with E-state index in [0.29, 0.717) is 18.9 Å². The number of nitrogens with zero attached hydrogens (tertiary/aromatic N) is 3. The van der Waals surface area contributed by atoms with Crippen LogP contribution in [-0.2, 0) is 30.3 Å². The number of carbonyl (C=O) groups excluding carboxylic acids is 1. The molecule has 9 rings (SSSR count). The molecule has 8 aliphatic rings. The Labute approximate surface area is 203 Å². The molecule has 1 aromatic rings. The molecule has 4 aliphatic heterocycles. The van der Waals surface area contributed by atoms with Crippen LogP contribution in [0.15, 0.2) is 17.3 Å². The predicted octanol–water partition coefficient (Wildman–Crippen LogP) is 1.64. The zero-order valence-corrected chi connectivity index (χ0v) is 20.3. The van der Waals surface area contributed by atoms with E-state index >= 15 is 0 Å². The molecule has 2 spiro atoms. The first-order chi connectivity index (χ1) is 16.7. The zero-order valence-electron chi connectivity index (χ0n) is 20.3. The molecular weight excluding hydrogens is 450 g/mol. The topological polar surface area (TPSA) is 115 Å². The fraction of sp³-hybridized carbons (Fsp3) is 0.808. The summed E-state index contributed by atoms with van der Waals surface area (Å²) < 4.78 is 27.3. The fourth-order valence-electron chi connectivity index (χ4n) is 9.51. The summed E-state index contributed by atoms with van der Waals surface area (Å²) in [6.07, 6.45) is 6.11. The van der Waals surface area contributed by atoms with E-state index in [-0.39, 0.29) is 48.1 Å². The number of ether oxygens (including phenoxy) is 4. The molecule has 4 aliphatic carbocycles. The van der Waals surface area contributed by atoms with Crippen LogP contribution in [0.1, 0.15) is 64.5 Å². The average molecular weight is 482 g/mol. The molecule has 0 bridgehead atoms. The maximum Gasteiger partial charge on any atom is 0.334 e. The summed E-state index contributed by atoms with van der Waals surface area (Å²) in [5.41, 5.74) is -0.847. The lowest BCUT2D eigenvalue weighted by atomic mass is 9.44. The number of esters is 1. The van der Waals surface area contributed by atoms with Crippen LogP contribution in [0.4, 0.5) is 0 Å². The zero-order chi connectivity index (χ0) is 23.8. The number of aliphatic hydroxyl groups is 1. The van der Waals surface area contributed by atoms with Gasteiger partial charge < -0.3 is 24.1 Å². The summed E-state index contributed by atoms with van der Waals surface area (Å²) in [7, 11) is 0. The molecule has 1 aromatic heterocycles. The van der Waals surface area contributed by atoms with Crippen molar-refractivity contribution in [2.45, 2.75) is 106 Å². The normalized spacial score (nSPS) is 54.3. The Balaban J connectivity index is 1.19. The summed E-state index contributed by atoms with van der Waals surface area (Å²) in [6, 6.07) is 0. The minimum atomic E-state index is -1.31. The van der Waals surface area contributed by atoms with Crippen molar-refractivity contribution in [3.63, 3.8) is 0 Å². The van der Waals surface area contributed by atoms with E-state index in [2.05, 4.69) is 31.1 Å². The third-order valence-electron chi connectivity index (χ3n) is 11.3. The van der Waals surface area contributed by atoms with E-state index < -0.39 is 22.4 Å². The Kier molecular flexibility index (Phi) is 3.21. The molecule has 9 atom stereocenters. The lowest BCUT2D eigenvalue weighted by Crippen LogP contribution is -2.76. The lowest BCUT2D eigenvalue weighted by Gasteiger charge is -2.56. The predicted molar refractivity (Wildman–Crippen MR) is 118 cm³/mol. The molecule has 35 heavy (non-hydrogen) atoms. The fourth-order valence-corrected chi connectivity index (χ4v) is 9.51. The van der Waals surface area contributed by atoms with E-state index in [1.807, 2.05) is 6.20 Å². The van der Waals surface area contributed by atoms with Crippen molar-refractivity contribution in [1.29, 1.82) is 0 Å². The van der Waals surface area contributed by atoms with Crippen LogP contribution in [0.2, 0.25) is 0 Å². The van der Waals surface area contributed by atoms with Gasteiger partial charge in [0.25, 0.3) is 0 Å². The molecule has 1 N–H and O–H groups in total. The molecular formula is C26H31N3O6. The van der Waals surface area contributed by atoms with Gasteiger partial charge in [0.15, 0.2) is 11.2 Å². The van der Waals surface area contributed by atoms with Gasteiger partial charge in [-0.05, 0) is 49.5 Å². The monoisotopic (exact) mass is 481 g/mol. The van der Waals surface area contributed by atoms with Crippen molar-refractivity contribution >= 4 is 5.97 Å². The minimum Gasteiger partial charge on any atom is -0.458 e. The molecule has 3 saturated carbocycles. The highest BCUT2D eigenvalue weighted by Crippen LogP contribution is 2.85. The maximum absolute atomic E-state index is 12.9. The van der Waals surface area contributed by atoms with Gasteiger partial charge in [-0.15, -0.1) is 5.10 Å². The molecule has 9 nitrogen and oxygen atoms in total. The summed E-state index contributed by atoms with van der Waals surface area (Å²) in [5.74, 6) is 0.557. The molecule has 3 saturated heterocycles. The molecule has 9 heteroatoms. The van der Waals surface area contributed by atoms with E-state index in [9.17, 15) is 9.90 Å². The maximum atomic E-state index is 12.9. The number of fused-ring (bicyclic) bond motifs is 4. The van der Waals surface area contributed by atoms with Crippen molar-refractivity contribution < 1.29 is 28.8 Å². The van der Waals surface area contributed by atoms with Gasteiger partial charge >= 0.3 is 5.97 Å². The number of carbonyl (C=O) groups is 1. The second-order valence-electron chi connectivity index (χ2n) is 12.9. The standard InChI is InChI=1S/C26H31N3O6/c1-12(2)24-19(34-24)20-26(35-20)22(3)7-6-14-15(10-32-21(14)30)16(22)8-18-25(26,33-18)23(24,31)11-29-9-17(27-28-29)13-4-5-13/h9,12-13,16,18-20,31H,4-8,10-11H2,1-3H3/t16-,18-,19-,20-,22-,23-,24-,25+,26+/m0/s1. The first kappa shape index (κ1) is 20.3. The Bertz CT molecular complexity index is 1260. The van der Waals surface area contributed by atoms with Crippen molar-refractivity contribution in [1.82, 2.24) is 15.0 Å². The number of cyclic esters (lactones) is 1. The van der Waals surface area contributed by atoms with E-state index in [0.717, 1.165) is 42.5 Å². The molecule has 5 heterocycles. The molecule has 0 radical (unpaired) electrons. The first-order valence-corrected chi connectivity index (χ1v) is 13.3. The van der Waals surface area contributed by atoms with Crippen LogP contribution in [0.3, 0.4) is 0 Å². The number of aromatic nitrogens is 3. The first-order valence-electron chi connectivity index (χ1n) is 13.3. The van der Waals surface area contributed by atoms with Crippen molar-refractivity contribution in [3.8, 4) is 0 Å². The minimum absolute atomic E-state index is 0.0809. The van der Waals surface area contributed by atoms with Gasteiger partial charge in [0.1, 0.15) is 30.0 Å². The summed E-state index contributed by atoms with van der Waals surface area (Å²) >= 11 is 0. The Morgan fingerprint density at radius 3 is 2.80 bits per heavy atom. The number of rotatable bonds is 4. The summed E-state index contributed by atoms with van der Waals surface area (Å²) in [6.45, 7) is 7.18. The van der Waals surface area contributed by atoms with Crippen LogP contribution < -0.4 is 0 Å². The third-order valence-corrected chi connectivity index (χ3v) is 11.3. The Hall–Kier alpha value is -1.81. The smallest absolute Gasteiger partial charge is 0.334 e. The van der Waals surface area contributed by atoms with Gasteiger partial charge in [0.05, 0.1) is 18.3 Å². The second-order valence-corrected chi connectivity index (χ2v) is 12.9. The number of epoxide rings is 3. The van der Waals surface area contributed by atoms with Crippen molar-refractivity contribution in [2.75, 3.05) is 6.61 Å². The van der Waals surface area contributed by atoms with Gasteiger partial charge in [-0.2, -0.15) is 0 Å². The molecule has 186 valence electrons. The highest BCUT2D eigenvalue weighted by atomic mass is 16.7. The largest absolute Gasteiger partial charge is 0.458 e. The average Bonchev–Trinajstić information content (AvgIpc) is 3.65. The molecule has 0 amide bonds. The molecule has 6 fully saturated rings. The number of hydrogen-bond donors (Lipinski definition) is 1. The van der Waals surface area contributed by atoms with Gasteiger partial charge in [-0.25, -0.2) is 9.48 Å². The van der Waals surface area contributed by atoms with Crippen molar-refractivity contribution in [3.05, 3.63) is 23.0 Å². The SMILES string of the molecule is CC(C)[C@]12O[C@H]1[C@@H]1O[C@]13[C@]1(O[C@H]1C[C@H]1C4=C(CC[C@@]13C)C(=O)OC4)[C@]2(O)Cn1cc(C2CC2)nn1. The summed E-state index contributed by atoms with van der Waals surface area (Å²) in [4.78, 5) is 12.4. The Morgan fingerprint density at radius 1 is 1.20 bits per heavy atom. The molecule has 0 aromatic carbocycles. The van der Waals surface area contributed by atoms with Crippen LogP contribution in [-0.4, -0.2) is 73.4 Å². The highest BCUT2D eigenvalue weighted by molar-refractivity contribution is 5.92. The van der Waals surface area contributed by atoms with Gasteiger partial charge in [-0.1, -0.05) is 26.0 Å². The number of hydrogen-bond acceptors (Lipinski definition) is 8. The quantitative estimate of drug-likeness (QED) is 0.510. The lowest BCUT2D eigenvalue weighted by molar-refractivity contribution is -0.175. The Morgan fingerprint density at radius 2 is 2.03 bits per heavy atom. The summed E-state index contributed by atoms with van der Waals surface area (Å²) in [5, 5.41) is 21.8. The van der Waals surface area contributed by atoms with Gasteiger partial charge in [0, 0.05) is 23.1 Å². The van der Waals surface area contributed by atoms with E-state index in [4.69, 9.17) is 18.9 Å². The van der Waals surface area contributed by atoms with Crippen LogP contribution in [0, 0.1) is 17.3 Å². The third kappa shape index (κ3) is 1.87. The van der Waals surface area contributed by atoms with Crippen molar-refractivity contribution in [2.24, 2.45) is 17.3 Å². The van der Waals surface area contributed by atoms with Crippen LogP contribution in [0.25, 0.3) is 0 Å². The van der Waals surface area contributed by atoms with E-state index in [1.54, 1.807) is 4.68 Å². The second kappa shape index (κ2) is 5.54. The van der Waals surface area contributed by atoms with Crippen LogP contribution in [0.5, 0.6) is 0 Å². The van der Waals surface area contributed by atoms with E-state index in [1.165, 1.54) is 0 Å². The molecule has 0 unspecified atom stereocenters. The van der Waals surface area contributed by atoms with Crippen LogP contribution >= 0.6 is 0 Å². The van der Waals surface area contributed by atoms with Gasteiger partial charge in [0.2, 0.25) is 0 Å². The highest BCUT2D eigenvalue weighted by Gasteiger charge is 3.04.